The first-order valence-electron chi connectivity index (χ1n) is 8.80. The van der Waals surface area contributed by atoms with Gasteiger partial charge in [0.05, 0.1) is 17.3 Å². The minimum atomic E-state index is -1.01. The molecule has 2 amide bonds. The summed E-state index contributed by atoms with van der Waals surface area (Å²) in [4.78, 5) is 29.4. The normalized spacial score (nSPS) is 12.1. The van der Waals surface area contributed by atoms with E-state index < -0.39 is 35.1 Å². The minimum Gasteiger partial charge on any atom is -0.497 e. The zero-order chi connectivity index (χ0) is 21.1. The number of amides is 2. The lowest BCUT2D eigenvalue weighted by Gasteiger charge is -2.21. The molecule has 3 rings (SSSR count). The highest BCUT2D eigenvalue weighted by Gasteiger charge is 2.28. The van der Waals surface area contributed by atoms with Gasteiger partial charge in [-0.2, -0.15) is 0 Å². The van der Waals surface area contributed by atoms with Crippen LogP contribution in [0.2, 0.25) is 0 Å². The van der Waals surface area contributed by atoms with Gasteiger partial charge in [0, 0.05) is 0 Å². The second kappa shape index (κ2) is 8.52. The zero-order valence-corrected chi connectivity index (χ0v) is 16.8. The average molecular weight is 419 g/mol. The number of anilines is 1. The molecule has 152 valence electrons. The van der Waals surface area contributed by atoms with Crippen molar-refractivity contribution in [2.75, 3.05) is 12.4 Å². The molecule has 0 saturated heterocycles. The van der Waals surface area contributed by atoms with Crippen LogP contribution in [0.3, 0.4) is 0 Å². The second-order valence-corrected chi connectivity index (χ2v) is 7.66. The lowest BCUT2D eigenvalue weighted by molar-refractivity contribution is -0.118. The van der Waals surface area contributed by atoms with Gasteiger partial charge in [-0.3, -0.25) is 9.59 Å². The van der Waals surface area contributed by atoms with Crippen LogP contribution in [0.25, 0.3) is 10.2 Å². The van der Waals surface area contributed by atoms with Gasteiger partial charge >= 0.3 is 0 Å². The Morgan fingerprint density at radius 3 is 2.45 bits per heavy atom. The minimum absolute atomic E-state index is 0.330. The molecular weight excluding hydrogens is 400 g/mol. The van der Waals surface area contributed by atoms with Gasteiger partial charge in [0.1, 0.15) is 29.0 Å². The summed E-state index contributed by atoms with van der Waals surface area (Å²) in [5.41, 5.74) is -0.0392. The fraction of sp³-hybridized carbons (Fsp3) is 0.250. The predicted octanol–water partition coefficient (Wildman–Crippen LogP) is 3.98. The summed E-state index contributed by atoms with van der Waals surface area (Å²) in [6.07, 6.45) is 0. The topological polar surface area (TPSA) is 80.3 Å². The molecule has 0 radical (unpaired) electrons. The third kappa shape index (κ3) is 4.51. The van der Waals surface area contributed by atoms with E-state index in [1.165, 1.54) is 11.3 Å². The van der Waals surface area contributed by atoms with Crippen molar-refractivity contribution in [3.05, 3.63) is 53.6 Å². The van der Waals surface area contributed by atoms with Gasteiger partial charge in [-0.25, -0.2) is 13.8 Å². The Hall–Kier alpha value is -3.07. The SMILES string of the molecule is COc1ccc2nc(NC(=O)[C@@H](NC(=O)c3c(F)cccc3F)C(C)C)sc2c1. The number of benzene rings is 2. The van der Waals surface area contributed by atoms with Gasteiger partial charge in [-0.15, -0.1) is 0 Å². The molecule has 0 unspecified atom stereocenters. The van der Waals surface area contributed by atoms with Crippen LogP contribution in [0.15, 0.2) is 36.4 Å². The molecule has 2 N–H and O–H groups in total. The summed E-state index contributed by atoms with van der Waals surface area (Å²) < 4.78 is 33.7. The molecule has 29 heavy (non-hydrogen) atoms. The molecule has 0 spiro atoms. The van der Waals surface area contributed by atoms with E-state index in [0.717, 1.165) is 22.9 Å². The van der Waals surface area contributed by atoms with E-state index >= 15 is 0 Å². The number of rotatable bonds is 6. The molecule has 0 aliphatic carbocycles. The van der Waals surface area contributed by atoms with Crippen molar-refractivity contribution in [1.82, 2.24) is 10.3 Å². The van der Waals surface area contributed by atoms with Crippen LogP contribution in [-0.2, 0) is 4.79 Å². The van der Waals surface area contributed by atoms with Crippen LogP contribution in [0, 0.1) is 17.6 Å². The molecule has 1 heterocycles. The van der Waals surface area contributed by atoms with Crippen LogP contribution in [0.5, 0.6) is 5.75 Å². The number of methoxy groups -OCH3 is 1. The number of aromatic nitrogens is 1. The van der Waals surface area contributed by atoms with E-state index in [1.807, 2.05) is 0 Å². The fourth-order valence-electron chi connectivity index (χ4n) is 2.73. The maximum absolute atomic E-state index is 13.9. The Morgan fingerprint density at radius 2 is 1.83 bits per heavy atom. The van der Waals surface area contributed by atoms with E-state index in [4.69, 9.17) is 4.74 Å². The number of halogens is 2. The standard InChI is InChI=1S/C20H19F2N3O3S/c1-10(2)17(24-18(26)16-12(21)5-4-6-13(16)22)19(27)25-20-23-14-8-7-11(28-3)9-15(14)29-20/h4-10,17H,1-3H3,(H,24,26)(H,23,25,27)/t17-/m0/s1. The van der Waals surface area contributed by atoms with E-state index in [2.05, 4.69) is 15.6 Å². The quantitative estimate of drug-likeness (QED) is 0.634. The van der Waals surface area contributed by atoms with Crippen molar-refractivity contribution in [2.45, 2.75) is 19.9 Å². The third-order valence-corrected chi connectivity index (χ3v) is 5.18. The van der Waals surface area contributed by atoms with Crippen LogP contribution in [0.1, 0.15) is 24.2 Å². The maximum atomic E-state index is 13.9. The molecule has 1 aromatic heterocycles. The molecule has 0 aliphatic heterocycles. The molecule has 0 bridgehead atoms. The van der Waals surface area contributed by atoms with E-state index in [9.17, 15) is 18.4 Å². The highest BCUT2D eigenvalue weighted by molar-refractivity contribution is 7.22. The molecule has 9 heteroatoms. The van der Waals surface area contributed by atoms with Crippen molar-refractivity contribution < 1.29 is 23.1 Å². The first-order chi connectivity index (χ1) is 13.8. The van der Waals surface area contributed by atoms with Crippen molar-refractivity contribution in [2.24, 2.45) is 5.92 Å². The van der Waals surface area contributed by atoms with E-state index in [-0.39, 0.29) is 5.92 Å². The molecule has 6 nitrogen and oxygen atoms in total. The molecule has 1 atom stereocenters. The summed E-state index contributed by atoms with van der Waals surface area (Å²) in [6, 6.07) is 7.44. The first kappa shape index (κ1) is 20.7. The Labute approximate surface area is 169 Å². The molecule has 3 aromatic rings. The van der Waals surface area contributed by atoms with Gasteiger partial charge < -0.3 is 15.4 Å². The molecule has 0 aliphatic rings. The molecule has 0 fully saturated rings. The smallest absolute Gasteiger partial charge is 0.257 e. The molecule has 0 saturated carbocycles. The third-order valence-electron chi connectivity index (χ3n) is 4.25. The van der Waals surface area contributed by atoms with Crippen LogP contribution in [-0.4, -0.2) is 29.9 Å². The number of hydrogen-bond acceptors (Lipinski definition) is 5. The van der Waals surface area contributed by atoms with Gasteiger partial charge in [0.2, 0.25) is 5.91 Å². The molecular formula is C20H19F2N3O3S. The Balaban J connectivity index is 1.78. The largest absolute Gasteiger partial charge is 0.497 e. The number of nitrogens with one attached hydrogen (secondary N) is 2. The monoisotopic (exact) mass is 419 g/mol. The van der Waals surface area contributed by atoms with E-state index in [1.54, 1.807) is 39.2 Å². The van der Waals surface area contributed by atoms with Crippen molar-refractivity contribution in [3.63, 3.8) is 0 Å². The Morgan fingerprint density at radius 1 is 1.14 bits per heavy atom. The van der Waals surface area contributed by atoms with Crippen LogP contribution >= 0.6 is 11.3 Å². The predicted molar refractivity (Wildman–Crippen MR) is 107 cm³/mol. The van der Waals surface area contributed by atoms with Crippen molar-refractivity contribution in [3.8, 4) is 5.75 Å². The number of thiazole rings is 1. The van der Waals surface area contributed by atoms with Crippen LogP contribution in [0.4, 0.5) is 13.9 Å². The van der Waals surface area contributed by atoms with Gasteiger partial charge in [-0.05, 0) is 36.2 Å². The number of hydrogen-bond donors (Lipinski definition) is 2. The van der Waals surface area contributed by atoms with Gasteiger partial charge in [0.25, 0.3) is 5.91 Å². The van der Waals surface area contributed by atoms with Crippen molar-refractivity contribution >= 4 is 38.5 Å². The van der Waals surface area contributed by atoms with Crippen LogP contribution < -0.4 is 15.4 Å². The highest BCUT2D eigenvalue weighted by Crippen LogP contribution is 2.29. The molecule has 2 aromatic carbocycles. The highest BCUT2D eigenvalue weighted by atomic mass is 32.1. The number of nitrogens with zero attached hydrogens (tertiary/aromatic N) is 1. The summed E-state index contributed by atoms with van der Waals surface area (Å²) in [5, 5.41) is 5.42. The van der Waals surface area contributed by atoms with Gasteiger partial charge in [0.15, 0.2) is 5.13 Å². The summed E-state index contributed by atoms with van der Waals surface area (Å²) in [6.45, 7) is 3.43. The first-order valence-corrected chi connectivity index (χ1v) is 9.62. The number of fused-ring (bicyclic) bond motifs is 1. The zero-order valence-electron chi connectivity index (χ0n) is 16.0. The summed E-state index contributed by atoms with van der Waals surface area (Å²) in [5.74, 6) is -3.18. The average Bonchev–Trinajstić information content (AvgIpc) is 3.06. The van der Waals surface area contributed by atoms with Crippen molar-refractivity contribution in [1.29, 1.82) is 0 Å². The second-order valence-electron chi connectivity index (χ2n) is 6.63. The lowest BCUT2D eigenvalue weighted by atomic mass is 10.0. The lowest BCUT2D eigenvalue weighted by Crippen LogP contribution is -2.47. The summed E-state index contributed by atoms with van der Waals surface area (Å²) >= 11 is 1.25. The van der Waals surface area contributed by atoms with Gasteiger partial charge in [-0.1, -0.05) is 31.3 Å². The number of carbonyl (C=O) groups is 2. The number of ether oxygens (including phenoxy) is 1. The Bertz CT molecular complexity index is 1050. The summed E-state index contributed by atoms with van der Waals surface area (Å²) in [7, 11) is 1.55. The number of carbonyl (C=O) groups excluding carboxylic acids is 2. The Kier molecular flexibility index (Phi) is 6.07. The maximum Gasteiger partial charge on any atom is 0.257 e. The van der Waals surface area contributed by atoms with E-state index in [0.29, 0.717) is 16.4 Å². The fourth-order valence-corrected chi connectivity index (χ4v) is 3.63.